The van der Waals surface area contributed by atoms with Crippen LogP contribution in [0.5, 0.6) is 5.75 Å². The molecular formula is C27H39NO4. The van der Waals surface area contributed by atoms with Gasteiger partial charge >= 0.3 is 5.97 Å². The number of carbonyl (C=O) groups is 2. The molecule has 0 aromatic heterocycles. The van der Waals surface area contributed by atoms with Gasteiger partial charge in [-0.25, -0.2) is 4.79 Å². The van der Waals surface area contributed by atoms with Crippen molar-refractivity contribution in [2.75, 3.05) is 0 Å². The number of carboxylic acids is 1. The summed E-state index contributed by atoms with van der Waals surface area (Å²) >= 11 is 0. The van der Waals surface area contributed by atoms with Gasteiger partial charge in [0.15, 0.2) is 0 Å². The molecular weight excluding hydrogens is 402 g/mol. The van der Waals surface area contributed by atoms with Gasteiger partial charge in [-0.15, -0.1) is 0 Å². The molecule has 5 heteroatoms. The summed E-state index contributed by atoms with van der Waals surface area (Å²) in [5, 5.41) is 21.3. The first-order chi connectivity index (χ1) is 15.5. The maximum absolute atomic E-state index is 12.1. The highest BCUT2D eigenvalue weighted by molar-refractivity contribution is 5.83. The number of hydrogen-bond donors (Lipinski definition) is 3. The Hall–Kier alpha value is -2.82. The second-order valence-corrected chi connectivity index (χ2v) is 7.93. The zero-order chi connectivity index (χ0) is 23.4. The van der Waals surface area contributed by atoms with Crippen molar-refractivity contribution in [3.63, 3.8) is 0 Å². The summed E-state index contributed by atoms with van der Waals surface area (Å²) in [4.78, 5) is 23.5. The summed E-state index contributed by atoms with van der Waals surface area (Å²) in [6.07, 6.45) is 23.0. The minimum Gasteiger partial charge on any atom is -0.508 e. The summed E-state index contributed by atoms with van der Waals surface area (Å²) in [7, 11) is 0. The molecule has 1 aromatic carbocycles. The lowest BCUT2D eigenvalue weighted by molar-refractivity contribution is -0.141. The van der Waals surface area contributed by atoms with Crippen LogP contribution in [0, 0.1) is 0 Å². The quantitative estimate of drug-likeness (QED) is 0.202. The first kappa shape index (κ1) is 27.2. The Kier molecular flexibility index (Phi) is 15.2. The van der Waals surface area contributed by atoms with Crippen LogP contribution in [0.4, 0.5) is 0 Å². The molecule has 0 radical (unpaired) electrons. The molecule has 0 saturated carbocycles. The third-order valence-corrected chi connectivity index (χ3v) is 5.06. The SMILES string of the molecule is CC/C=C/C/C=C/C/C=C/CCCCCCCC(=O)NC(Cc1ccc(O)cc1)C(=O)O. The molecule has 1 amide bonds. The highest BCUT2D eigenvalue weighted by Crippen LogP contribution is 2.12. The maximum atomic E-state index is 12.1. The normalized spacial score (nSPS) is 12.7. The van der Waals surface area contributed by atoms with Crippen LogP contribution in [-0.2, 0) is 16.0 Å². The molecule has 0 fully saturated rings. The van der Waals surface area contributed by atoms with Crippen molar-refractivity contribution in [3.8, 4) is 5.75 Å². The minimum absolute atomic E-state index is 0.129. The zero-order valence-electron chi connectivity index (χ0n) is 19.3. The minimum atomic E-state index is -1.05. The van der Waals surface area contributed by atoms with E-state index < -0.39 is 12.0 Å². The van der Waals surface area contributed by atoms with E-state index >= 15 is 0 Å². The Labute approximate surface area is 192 Å². The van der Waals surface area contributed by atoms with E-state index in [2.05, 4.69) is 48.7 Å². The first-order valence-corrected chi connectivity index (χ1v) is 11.8. The van der Waals surface area contributed by atoms with E-state index in [4.69, 9.17) is 0 Å². The number of benzene rings is 1. The number of unbranched alkanes of at least 4 members (excludes halogenated alkanes) is 5. The van der Waals surface area contributed by atoms with Crippen LogP contribution in [0.25, 0.3) is 0 Å². The maximum Gasteiger partial charge on any atom is 0.326 e. The van der Waals surface area contributed by atoms with Crippen LogP contribution in [-0.4, -0.2) is 28.1 Å². The predicted molar refractivity (Wildman–Crippen MR) is 131 cm³/mol. The van der Waals surface area contributed by atoms with Crippen molar-refractivity contribution in [1.82, 2.24) is 5.32 Å². The largest absolute Gasteiger partial charge is 0.508 e. The molecule has 0 aliphatic heterocycles. The number of carboxylic acid groups (broad SMARTS) is 1. The number of hydrogen-bond acceptors (Lipinski definition) is 3. The summed E-state index contributed by atoms with van der Waals surface area (Å²) in [5.74, 6) is -1.15. The molecule has 0 bridgehead atoms. The van der Waals surface area contributed by atoms with Gasteiger partial charge in [-0.1, -0.05) is 74.8 Å². The van der Waals surface area contributed by atoms with Crippen molar-refractivity contribution >= 4 is 11.9 Å². The van der Waals surface area contributed by atoms with Crippen molar-refractivity contribution < 1.29 is 19.8 Å². The van der Waals surface area contributed by atoms with Crippen molar-refractivity contribution in [2.45, 2.75) is 83.6 Å². The highest BCUT2D eigenvalue weighted by Gasteiger charge is 2.20. The Morgan fingerprint density at radius 2 is 1.47 bits per heavy atom. The van der Waals surface area contributed by atoms with Gasteiger partial charge in [-0.05, 0) is 56.2 Å². The number of aromatic hydroxyl groups is 1. The molecule has 0 aliphatic carbocycles. The topological polar surface area (TPSA) is 86.6 Å². The summed E-state index contributed by atoms with van der Waals surface area (Å²) < 4.78 is 0. The van der Waals surface area contributed by atoms with Crippen molar-refractivity contribution in [3.05, 3.63) is 66.3 Å². The van der Waals surface area contributed by atoms with Gasteiger partial charge in [0.1, 0.15) is 11.8 Å². The fourth-order valence-corrected chi connectivity index (χ4v) is 3.24. The molecule has 1 unspecified atom stereocenters. The van der Waals surface area contributed by atoms with Gasteiger partial charge < -0.3 is 15.5 Å². The third-order valence-electron chi connectivity index (χ3n) is 5.06. The van der Waals surface area contributed by atoms with E-state index in [0.29, 0.717) is 6.42 Å². The molecule has 0 heterocycles. The first-order valence-electron chi connectivity index (χ1n) is 11.8. The molecule has 1 aromatic rings. The van der Waals surface area contributed by atoms with E-state index in [9.17, 15) is 19.8 Å². The highest BCUT2D eigenvalue weighted by atomic mass is 16.4. The third kappa shape index (κ3) is 14.2. The number of rotatable bonds is 17. The average Bonchev–Trinajstić information content (AvgIpc) is 2.77. The van der Waals surface area contributed by atoms with Gasteiger partial charge in [0.25, 0.3) is 0 Å². The van der Waals surface area contributed by atoms with Crippen LogP contribution in [0.1, 0.15) is 76.7 Å². The smallest absolute Gasteiger partial charge is 0.326 e. The standard InChI is InChI=1S/C27H39NO4/c1-2-3-4-5-6-7-8-9-10-11-12-13-14-15-16-17-26(30)28-25(27(31)32)22-23-18-20-24(29)21-19-23/h3-4,6-7,9-10,18-21,25,29H,2,5,8,11-17,22H2,1H3,(H,28,30)(H,31,32)/b4-3+,7-6+,10-9+. The van der Waals surface area contributed by atoms with Gasteiger partial charge in [0.05, 0.1) is 0 Å². The Bertz CT molecular complexity index is 735. The molecule has 0 saturated heterocycles. The van der Waals surface area contributed by atoms with Gasteiger partial charge in [-0.2, -0.15) is 0 Å². The number of aliphatic carboxylic acids is 1. The Morgan fingerprint density at radius 1 is 0.875 bits per heavy atom. The summed E-state index contributed by atoms with van der Waals surface area (Å²) in [5.41, 5.74) is 0.754. The van der Waals surface area contributed by atoms with Crippen molar-refractivity contribution in [2.24, 2.45) is 0 Å². The molecule has 3 N–H and O–H groups in total. The van der Waals surface area contributed by atoms with Crippen LogP contribution in [0.3, 0.4) is 0 Å². The number of amides is 1. The molecule has 0 aliphatic rings. The number of nitrogens with one attached hydrogen (secondary N) is 1. The molecule has 1 rings (SSSR count). The second kappa shape index (κ2) is 17.8. The van der Waals surface area contributed by atoms with E-state index in [0.717, 1.165) is 63.4 Å². The lowest BCUT2D eigenvalue weighted by atomic mass is 10.0. The van der Waals surface area contributed by atoms with E-state index in [-0.39, 0.29) is 18.1 Å². The average molecular weight is 442 g/mol. The number of phenols is 1. The molecule has 176 valence electrons. The molecule has 0 spiro atoms. The molecule has 32 heavy (non-hydrogen) atoms. The fourth-order valence-electron chi connectivity index (χ4n) is 3.24. The number of allylic oxidation sites excluding steroid dienone is 6. The molecule has 5 nitrogen and oxygen atoms in total. The van der Waals surface area contributed by atoms with Gasteiger partial charge in [-0.3, -0.25) is 4.79 Å². The van der Waals surface area contributed by atoms with Crippen LogP contribution >= 0.6 is 0 Å². The van der Waals surface area contributed by atoms with E-state index in [1.54, 1.807) is 12.1 Å². The zero-order valence-corrected chi connectivity index (χ0v) is 19.3. The number of carbonyl (C=O) groups excluding carboxylic acids is 1. The Balaban J connectivity index is 2.08. The van der Waals surface area contributed by atoms with Crippen molar-refractivity contribution in [1.29, 1.82) is 0 Å². The predicted octanol–water partition coefficient (Wildman–Crippen LogP) is 6.09. The van der Waals surface area contributed by atoms with E-state index in [1.807, 2.05) is 0 Å². The molecule has 1 atom stereocenters. The summed E-state index contributed by atoms with van der Waals surface area (Å²) in [6.45, 7) is 2.14. The van der Waals surface area contributed by atoms with Gasteiger partial charge in [0.2, 0.25) is 5.91 Å². The van der Waals surface area contributed by atoms with Crippen LogP contribution in [0.15, 0.2) is 60.7 Å². The van der Waals surface area contributed by atoms with Gasteiger partial charge in [0, 0.05) is 12.8 Å². The second-order valence-electron chi connectivity index (χ2n) is 7.93. The fraction of sp³-hybridized carbons (Fsp3) is 0.481. The van der Waals surface area contributed by atoms with Crippen LogP contribution < -0.4 is 5.32 Å². The number of phenolic OH excluding ortho intramolecular Hbond substituents is 1. The van der Waals surface area contributed by atoms with Crippen LogP contribution in [0.2, 0.25) is 0 Å². The Morgan fingerprint density at radius 3 is 2.12 bits per heavy atom. The lowest BCUT2D eigenvalue weighted by Gasteiger charge is -2.14. The summed E-state index contributed by atoms with van der Waals surface area (Å²) in [6, 6.07) is 5.39. The lowest BCUT2D eigenvalue weighted by Crippen LogP contribution is -2.42. The van der Waals surface area contributed by atoms with E-state index in [1.165, 1.54) is 12.1 Å². The monoisotopic (exact) mass is 441 g/mol.